The van der Waals surface area contributed by atoms with Gasteiger partial charge in [0.05, 0.1) is 12.1 Å². The van der Waals surface area contributed by atoms with Crippen LogP contribution in [0, 0.1) is 13.8 Å². The lowest BCUT2D eigenvalue weighted by Gasteiger charge is -2.03. The van der Waals surface area contributed by atoms with Crippen LogP contribution in [0.1, 0.15) is 27.7 Å². The molecule has 2 heterocycles. The molecule has 0 spiro atoms. The van der Waals surface area contributed by atoms with Crippen LogP contribution in [0.25, 0.3) is 21.1 Å². The first-order valence-corrected chi connectivity index (χ1v) is 7.39. The maximum absolute atomic E-state index is 11.8. The molecule has 0 saturated heterocycles. The number of pyridine rings is 1. The molecule has 0 radical (unpaired) electrons. The lowest BCUT2D eigenvalue weighted by molar-refractivity contribution is 0.0532. The van der Waals surface area contributed by atoms with E-state index in [1.165, 1.54) is 22.5 Å². The standard InChI is InChI=1S/C16H15NO2S/c1-4-19-16(18)14-8-11-7-12-10(3)5-9(2)6-13(12)17-15(11)20-14/h5-8H,4H2,1-3H3. The number of esters is 1. The van der Waals surface area contributed by atoms with Crippen LogP contribution >= 0.6 is 11.3 Å². The molecule has 0 amide bonds. The van der Waals surface area contributed by atoms with Crippen LogP contribution in [0.3, 0.4) is 0 Å². The molecule has 3 aromatic rings. The third-order valence-electron chi connectivity index (χ3n) is 3.25. The average Bonchev–Trinajstić information content (AvgIpc) is 2.79. The van der Waals surface area contributed by atoms with Gasteiger partial charge in [0.1, 0.15) is 9.71 Å². The van der Waals surface area contributed by atoms with Gasteiger partial charge in [0.25, 0.3) is 0 Å². The summed E-state index contributed by atoms with van der Waals surface area (Å²) < 4.78 is 5.04. The Morgan fingerprint density at radius 3 is 2.80 bits per heavy atom. The summed E-state index contributed by atoms with van der Waals surface area (Å²) in [4.78, 5) is 18.0. The Kier molecular flexibility index (Phi) is 3.18. The third-order valence-corrected chi connectivity index (χ3v) is 4.27. The van der Waals surface area contributed by atoms with E-state index in [-0.39, 0.29) is 5.97 Å². The van der Waals surface area contributed by atoms with E-state index in [9.17, 15) is 4.79 Å². The summed E-state index contributed by atoms with van der Waals surface area (Å²) in [5.41, 5.74) is 3.38. The fourth-order valence-corrected chi connectivity index (χ4v) is 3.31. The monoisotopic (exact) mass is 285 g/mol. The fourth-order valence-electron chi connectivity index (χ4n) is 2.39. The first-order chi connectivity index (χ1) is 9.58. The highest BCUT2D eigenvalue weighted by Gasteiger charge is 2.13. The topological polar surface area (TPSA) is 39.2 Å². The van der Waals surface area contributed by atoms with Crippen molar-refractivity contribution in [3.63, 3.8) is 0 Å². The van der Waals surface area contributed by atoms with Crippen molar-refractivity contribution in [1.29, 1.82) is 0 Å². The van der Waals surface area contributed by atoms with Crippen molar-refractivity contribution in [2.24, 2.45) is 0 Å². The summed E-state index contributed by atoms with van der Waals surface area (Å²) >= 11 is 1.39. The van der Waals surface area contributed by atoms with E-state index in [0.29, 0.717) is 11.5 Å². The quantitative estimate of drug-likeness (QED) is 0.661. The number of aromatic nitrogens is 1. The second-order valence-corrected chi connectivity index (χ2v) is 5.89. The van der Waals surface area contributed by atoms with Crippen LogP contribution in [0.2, 0.25) is 0 Å². The zero-order valence-corrected chi connectivity index (χ0v) is 12.5. The van der Waals surface area contributed by atoms with Gasteiger partial charge in [-0.1, -0.05) is 6.07 Å². The summed E-state index contributed by atoms with van der Waals surface area (Å²) in [6.45, 7) is 6.35. The number of fused-ring (bicyclic) bond motifs is 2. The van der Waals surface area contributed by atoms with Crippen LogP contribution in [-0.2, 0) is 4.74 Å². The van der Waals surface area contributed by atoms with E-state index < -0.39 is 0 Å². The number of benzene rings is 1. The lowest BCUT2D eigenvalue weighted by atomic mass is 10.1. The first-order valence-electron chi connectivity index (χ1n) is 6.57. The first kappa shape index (κ1) is 13.1. The van der Waals surface area contributed by atoms with Crippen LogP contribution in [-0.4, -0.2) is 17.6 Å². The van der Waals surface area contributed by atoms with Crippen molar-refractivity contribution in [3.8, 4) is 0 Å². The molecular weight excluding hydrogens is 270 g/mol. The Hall–Kier alpha value is -1.94. The van der Waals surface area contributed by atoms with E-state index in [4.69, 9.17) is 4.74 Å². The van der Waals surface area contributed by atoms with E-state index >= 15 is 0 Å². The van der Waals surface area contributed by atoms with Crippen molar-refractivity contribution in [1.82, 2.24) is 4.98 Å². The number of thiophene rings is 1. The summed E-state index contributed by atoms with van der Waals surface area (Å²) in [7, 11) is 0. The molecule has 0 aliphatic heterocycles. The Labute approximate surface area is 121 Å². The molecule has 0 aliphatic carbocycles. The second-order valence-electron chi connectivity index (χ2n) is 4.86. The SMILES string of the molecule is CCOC(=O)c1cc2cc3c(C)cc(C)cc3nc2s1. The average molecular weight is 285 g/mol. The van der Waals surface area contributed by atoms with Crippen LogP contribution in [0.15, 0.2) is 24.3 Å². The van der Waals surface area contributed by atoms with E-state index in [1.807, 2.05) is 13.0 Å². The van der Waals surface area contributed by atoms with Gasteiger partial charge < -0.3 is 4.74 Å². The molecule has 0 unspecified atom stereocenters. The highest BCUT2D eigenvalue weighted by molar-refractivity contribution is 7.20. The van der Waals surface area contributed by atoms with Gasteiger partial charge >= 0.3 is 5.97 Å². The van der Waals surface area contributed by atoms with Crippen LogP contribution < -0.4 is 0 Å². The molecule has 0 atom stereocenters. The molecular formula is C16H15NO2S. The number of rotatable bonds is 2. The zero-order chi connectivity index (χ0) is 14.3. The summed E-state index contributed by atoms with van der Waals surface area (Å²) in [5.74, 6) is -0.271. The van der Waals surface area contributed by atoms with E-state index in [2.05, 4.69) is 37.0 Å². The number of aryl methyl sites for hydroxylation is 2. The predicted octanol–water partition coefficient (Wildman–Crippen LogP) is 4.24. The minimum absolute atomic E-state index is 0.271. The number of ether oxygens (including phenoxy) is 1. The van der Waals surface area contributed by atoms with Crippen molar-refractivity contribution < 1.29 is 9.53 Å². The predicted molar refractivity (Wildman–Crippen MR) is 82.6 cm³/mol. The maximum atomic E-state index is 11.8. The molecule has 0 aliphatic rings. The molecule has 0 saturated carbocycles. The molecule has 102 valence electrons. The minimum atomic E-state index is -0.271. The fraction of sp³-hybridized carbons (Fsp3) is 0.250. The van der Waals surface area contributed by atoms with Gasteiger partial charge in [-0.05, 0) is 50.1 Å². The van der Waals surface area contributed by atoms with Gasteiger partial charge in [-0.25, -0.2) is 9.78 Å². The van der Waals surface area contributed by atoms with Gasteiger partial charge in [0.2, 0.25) is 0 Å². The molecule has 0 bridgehead atoms. The summed E-state index contributed by atoms with van der Waals surface area (Å²) in [5, 5.41) is 2.13. The highest BCUT2D eigenvalue weighted by atomic mass is 32.1. The van der Waals surface area contributed by atoms with Gasteiger partial charge in [0, 0.05) is 10.8 Å². The van der Waals surface area contributed by atoms with Crippen LogP contribution in [0.5, 0.6) is 0 Å². The Balaban J connectivity index is 2.21. The van der Waals surface area contributed by atoms with Gasteiger partial charge in [-0.3, -0.25) is 0 Å². The smallest absolute Gasteiger partial charge is 0.348 e. The Bertz CT molecular complexity index is 820. The summed E-state index contributed by atoms with van der Waals surface area (Å²) in [6, 6.07) is 8.19. The maximum Gasteiger partial charge on any atom is 0.348 e. The molecule has 3 rings (SSSR count). The largest absolute Gasteiger partial charge is 0.462 e. The van der Waals surface area contributed by atoms with Crippen molar-refractivity contribution in [2.75, 3.05) is 6.61 Å². The van der Waals surface area contributed by atoms with Crippen molar-refractivity contribution in [3.05, 3.63) is 40.3 Å². The lowest BCUT2D eigenvalue weighted by Crippen LogP contribution is -2.01. The van der Waals surface area contributed by atoms with E-state index in [0.717, 1.165) is 21.1 Å². The van der Waals surface area contributed by atoms with E-state index in [1.54, 1.807) is 0 Å². The molecule has 0 N–H and O–H groups in total. The van der Waals surface area contributed by atoms with Gasteiger partial charge in [-0.15, -0.1) is 11.3 Å². The Morgan fingerprint density at radius 1 is 1.25 bits per heavy atom. The summed E-state index contributed by atoms with van der Waals surface area (Å²) in [6.07, 6.45) is 0. The minimum Gasteiger partial charge on any atom is -0.462 e. The number of hydrogen-bond donors (Lipinski definition) is 0. The van der Waals surface area contributed by atoms with Gasteiger partial charge in [0.15, 0.2) is 0 Å². The van der Waals surface area contributed by atoms with Crippen LogP contribution in [0.4, 0.5) is 0 Å². The molecule has 3 nitrogen and oxygen atoms in total. The molecule has 2 aromatic heterocycles. The number of hydrogen-bond acceptors (Lipinski definition) is 4. The molecule has 1 aromatic carbocycles. The normalized spacial score (nSPS) is 11.2. The third kappa shape index (κ3) is 2.16. The zero-order valence-electron chi connectivity index (χ0n) is 11.7. The molecule has 4 heteroatoms. The van der Waals surface area contributed by atoms with Gasteiger partial charge in [-0.2, -0.15) is 0 Å². The second kappa shape index (κ2) is 4.87. The molecule has 0 fully saturated rings. The van der Waals surface area contributed by atoms with Crippen molar-refractivity contribution >= 4 is 38.4 Å². The number of carbonyl (C=O) groups excluding carboxylic acids is 1. The number of carbonyl (C=O) groups is 1. The highest BCUT2D eigenvalue weighted by Crippen LogP contribution is 2.29. The number of nitrogens with zero attached hydrogens (tertiary/aromatic N) is 1. The Morgan fingerprint density at radius 2 is 2.05 bits per heavy atom. The molecule has 20 heavy (non-hydrogen) atoms. The van der Waals surface area contributed by atoms with Crippen molar-refractivity contribution in [2.45, 2.75) is 20.8 Å².